The second kappa shape index (κ2) is 9.09. The van der Waals surface area contributed by atoms with Crippen molar-refractivity contribution in [1.29, 1.82) is 0 Å². The summed E-state index contributed by atoms with van der Waals surface area (Å²) in [5.74, 6) is 0.304. The zero-order valence-electron chi connectivity index (χ0n) is 18.9. The van der Waals surface area contributed by atoms with Crippen molar-refractivity contribution < 1.29 is 4.79 Å². The van der Waals surface area contributed by atoms with Gasteiger partial charge in [0.1, 0.15) is 5.82 Å². The number of pyridine rings is 2. The first-order valence-corrected chi connectivity index (χ1v) is 11.1. The van der Waals surface area contributed by atoms with Gasteiger partial charge in [0.25, 0.3) is 5.91 Å². The maximum Gasteiger partial charge on any atom is 0.256 e. The molecule has 8 nitrogen and oxygen atoms in total. The van der Waals surface area contributed by atoms with E-state index in [0.29, 0.717) is 11.4 Å². The third kappa shape index (κ3) is 4.92. The van der Waals surface area contributed by atoms with Crippen LogP contribution in [-0.2, 0) is 13.6 Å². The highest BCUT2D eigenvalue weighted by Crippen LogP contribution is 2.22. The molecule has 4 aromatic rings. The number of likely N-dealkylation sites (N-methyl/N-ethyl adjacent to an activating group) is 1. The molecule has 1 aliphatic rings. The molecule has 168 valence electrons. The predicted molar refractivity (Wildman–Crippen MR) is 129 cm³/mol. The fourth-order valence-corrected chi connectivity index (χ4v) is 4.06. The Kier molecular flexibility index (Phi) is 5.85. The smallest absolute Gasteiger partial charge is 0.256 e. The molecular weight excluding hydrogens is 414 g/mol. The van der Waals surface area contributed by atoms with Crippen molar-refractivity contribution in [2.24, 2.45) is 7.05 Å². The van der Waals surface area contributed by atoms with E-state index >= 15 is 0 Å². The Labute approximate surface area is 192 Å². The van der Waals surface area contributed by atoms with Crippen molar-refractivity contribution in [3.63, 3.8) is 0 Å². The predicted octanol–water partition coefficient (Wildman–Crippen LogP) is 3.03. The van der Waals surface area contributed by atoms with Gasteiger partial charge in [-0.15, -0.1) is 0 Å². The lowest BCUT2D eigenvalue weighted by Gasteiger charge is -2.32. The monoisotopic (exact) mass is 441 g/mol. The summed E-state index contributed by atoms with van der Waals surface area (Å²) in [5, 5.41) is 8.05. The van der Waals surface area contributed by atoms with E-state index in [1.807, 2.05) is 43.6 Å². The summed E-state index contributed by atoms with van der Waals surface area (Å²) in [4.78, 5) is 26.8. The SMILES string of the molecule is CN1CCN(Cc2cccc(C(=O)Nc3cc4nc(-c5cnn(C)c5)ccc4cn3)c2)CC1. The largest absolute Gasteiger partial charge is 0.307 e. The summed E-state index contributed by atoms with van der Waals surface area (Å²) in [5.41, 5.74) is 4.31. The molecule has 33 heavy (non-hydrogen) atoms. The molecule has 1 aliphatic heterocycles. The average molecular weight is 442 g/mol. The minimum absolute atomic E-state index is 0.175. The van der Waals surface area contributed by atoms with Gasteiger partial charge < -0.3 is 10.2 Å². The van der Waals surface area contributed by atoms with Crippen LogP contribution in [0, 0.1) is 0 Å². The number of hydrogen-bond donors (Lipinski definition) is 1. The number of amides is 1. The molecule has 5 rings (SSSR count). The fourth-order valence-electron chi connectivity index (χ4n) is 4.06. The van der Waals surface area contributed by atoms with Crippen LogP contribution >= 0.6 is 0 Å². The number of carbonyl (C=O) groups is 1. The molecule has 0 atom stereocenters. The molecular formula is C25H27N7O. The van der Waals surface area contributed by atoms with E-state index < -0.39 is 0 Å². The van der Waals surface area contributed by atoms with Gasteiger partial charge in [-0.1, -0.05) is 12.1 Å². The van der Waals surface area contributed by atoms with Gasteiger partial charge in [0, 0.05) is 74.7 Å². The van der Waals surface area contributed by atoms with Crippen LogP contribution < -0.4 is 5.32 Å². The summed E-state index contributed by atoms with van der Waals surface area (Å²) in [6, 6.07) is 13.6. The number of piperazine rings is 1. The summed E-state index contributed by atoms with van der Waals surface area (Å²) in [6.07, 6.45) is 5.44. The van der Waals surface area contributed by atoms with Gasteiger partial charge >= 0.3 is 0 Å². The van der Waals surface area contributed by atoms with Crippen molar-refractivity contribution in [2.75, 3.05) is 38.5 Å². The summed E-state index contributed by atoms with van der Waals surface area (Å²) in [7, 11) is 4.03. The number of fused-ring (bicyclic) bond motifs is 1. The number of benzene rings is 1. The number of carbonyl (C=O) groups excluding carboxylic acids is 1. The molecule has 1 amide bonds. The maximum absolute atomic E-state index is 12.9. The van der Waals surface area contributed by atoms with Gasteiger partial charge in [-0.3, -0.25) is 14.4 Å². The zero-order chi connectivity index (χ0) is 22.8. The molecule has 8 heteroatoms. The van der Waals surface area contributed by atoms with Crippen LogP contribution in [-0.4, -0.2) is 68.7 Å². The van der Waals surface area contributed by atoms with Crippen molar-refractivity contribution in [3.8, 4) is 11.3 Å². The van der Waals surface area contributed by atoms with Gasteiger partial charge in [-0.05, 0) is 36.9 Å². The number of aryl methyl sites for hydroxylation is 1. The Balaban J connectivity index is 1.31. The second-order valence-electron chi connectivity index (χ2n) is 8.60. The van der Waals surface area contributed by atoms with E-state index in [0.717, 1.165) is 60.4 Å². The molecule has 1 N–H and O–H groups in total. The molecule has 0 bridgehead atoms. The summed E-state index contributed by atoms with van der Waals surface area (Å²) >= 11 is 0. The molecule has 0 unspecified atom stereocenters. The number of nitrogens with one attached hydrogen (secondary N) is 1. The van der Waals surface area contributed by atoms with E-state index in [4.69, 9.17) is 4.98 Å². The lowest BCUT2D eigenvalue weighted by molar-refractivity contribution is 0.102. The van der Waals surface area contributed by atoms with E-state index in [2.05, 4.69) is 38.3 Å². The number of nitrogens with zero attached hydrogens (tertiary/aromatic N) is 6. The Morgan fingerprint density at radius 1 is 1.03 bits per heavy atom. The molecule has 3 aromatic heterocycles. The first kappa shape index (κ1) is 21.2. The molecule has 1 fully saturated rings. The van der Waals surface area contributed by atoms with Crippen molar-refractivity contribution in [2.45, 2.75) is 6.54 Å². The zero-order valence-corrected chi connectivity index (χ0v) is 18.9. The number of hydrogen-bond acceptors (Lipinski definition) is 6. The topological polar surface area (TPSA) is 79.2 Å². The molecule has 0 spiro atoms. The molecule has 0 aliphatic carbocycles. The van der Waals surface area contributed by atoms with Gasteiger partial charge in [0.05, 0.1) is 17.4 Å². The quantitative estimate of drug-likeness (QED) is 0.513. The lowest BCUT2D eigenvalue weighted by atomic mass is 10.1. The standard InChI is InChI=1S/C25H27N7O/c1-30-8-10-32(11-9-30)16-18-4-3-5-19(12-18)25(33)29-24-13-23-20(14-26-24)6-7-22(28-23)21-15-27-31(2)17-21/h3-7,12-15,17H,8-11,16H2,1-2H3,(H,26,29,33). The summed E-state index contributed by atoms with van der Waals surface area (Å²) < 4.78 is 1.75. The number of rotatable bonds is 5. The van der Waals surface area contributed by atoms with Gasteiger partial charge in [0.15, 0.2) is 0 Å². The van der Waals surface area contributed by atoms with Crippen LogP contribution in [0.4, 0.5) is 5.82 Å². The second-order valence-corrected chi connectivity index (χ2v) is 8.60. The van der Waals surface area contributed by atoms with Crippen LogP contribution in [0.15, 0.2) is 61.1 Å². The normalized spacial score (nSPS) is 15.1. The highest BCUT2D eigenvalue weighted by Gasteiger charge is 2.15. The highest BCUT2D eigenvalue weighted by molar-refractivity contribution is 6.04. The molecule has 0 saturated carbocycles. The van der Waals surface area contributed by atoms with Crippen LogP contribution in [0.3, 0.4) is 0 Å². The minimum atomic E-state index is -0.175. The maximum atomic E-state index is 12.9. The summed E-state index contributed by atoms with van der Waals surface area (Å²) in [6.45, 7) is 5.09. The van der Waals surface area contributed by atoms with Crippen LogP contribution in [0.5, 0.6) is 0 Å². The average Bonchev–Trinajstić information content (AvgIpc) is 3.26. The third-order valence-corrected chi connectivity index (χ3v) is 6.01. The lowest BCUT2D eigenvalue weighted by Crippen LogP contribution is -2.43. The molecule has 4 heterocycles. The van der Waals surface area contributed by atoms with E-state index in [9.17, 15) is 4.79 Å². The van der Waals surface area contributed by atoms with Crippen molar-refractivity contribution in [1.82, 2.24) is 29.5 Å². The molecule has 1 aromatic carbocycles. The third-order valence-electron chi connectivity index (χ3n) is 6.01. The Morgan fingerprint density at radius 2 is 1.88 bits per heavy atom. The molecule has 0 radical (unpaired) electrons. The van der Waals surface area contributed by atoms with Crippen LogP contribution in [0.25, 0.3) is 22.2 Å². The van der Waals surface area contributed by atoms with E-state index in [-0.39, 0.29) is 5.91 Å². The first-order valence-electron chi connectivity index (χ1n) is 11.1. The van der Waals surface area contributed by atoms with Crippen LogP contribution in [0.2, 0.25) is 0 Å². The van der Waals surface area contributed by atoms with Gasteiger partial charge in [0.2, 0.25) is 0 Å². The number of aromatic nitrogens is 4. The van der Waals surface area contributed by atoms with Crippen molar-refractivity contribution in [3.05, 3.63) is 72.2 Å². The first-order chi connectivity index (χ1) is 16.0. The van der Waals surface area contributed by atoms with E-state index in [1.54, 1.807) is 23.1 Å². The Morgan fingerprint density at radius 3 is 2.67 bits per heavy atom. The van der Waals surface area contributed by atoms with Crippen LogP contribution in [0.1, 0.15) is 15.9 Å². The van der Waals surface area contributed by atoms with Gasteiger partial charge in [-0.25, -0.2) is 9.97 Å². The Hall–Kier alpha value is -3.62. The minimum Gasteiger partial charge on any atom is -0.307 e. The Bertz CT molecular complexity index is 1290. The molecule has 1 saturated heterocycles. The van der Waals surface area contributed by atoms with Crippen molar-refractivity contribution >= 4 is 22.6 Å². The van der Waals surface area contributed by atoms with E-state index in [1.165, 1.54) is 0 Å². The highest BCUT2D eigenvalue weighted by atomic mass is 16.1. The van der Waals surface area contributed by atoms with Gasteiger partial charge in [-0.2, -0.15) is 5.10 Å². The number of anilines is 1. The fraction of sp³-hybridized carbons (Fsp3) is 0.280.